The minimum Gasteiger partial charge on any atom is -0.399 e. The summed E-state index contributed by atoms with van der Waals surface area (Å²) in [5.74, 6) is -0.298. The standard InChI is InChI=1S/C13H18N4O2/c14-10-1-3-11(4-2-10)16-13(19)17-12(18)9-5-7-15-8-6-9/h1-4,9,15H,5-8,14H2,(H2,16,17,18,19). The molecule has 6 heteroatoms. The molecule has 6 nitrogen and oxygen atoms in total. The van der Waals surface area contributed by atoms with Gasteiger partial charge in [-0.2, -0.15) is 0 Å². The van der Waals surface area contributed by atoms with Crippen molar-refractivity contribution in [2.75, 3.05) is 24.1 Å². The van der Waals surface area contributed by atoms with Crippen molar-refractivity contribution >= 4 is 23.3 Å². The third-order valence-corrected chi connectivity index (χ3v) is 3.12. The van der Waals surface area contributed by atoms with E-state index in [0.29, 0.717) is 11.4 Å². The Hall–Kier alpha value is -2.08. The smallest absolute Gasteiger partial charge is 0.325 e. The third kappa shape index (κ3) is 3.96. The summed E-state index contributed by atoms with van der Waals surface area (Å²) < 4.78 is 0. The van der Waals surface area contributed by atoms with Gasteiger partial charge < -0.3 is 16.4 Å². The number of nitrogens with two attached hydrogens (primary N) is 1. The van der Waals surface area contributed by atoms with Crippen molar-refractivity contribution in [1.29, 1.82) is 0 Å². The molecule has 5 N–H and O–H groups in total. The maximum Gasteiger partial charge on any atom is 0.325 e. The number of piperidine rings is 1. The Morgan fingerprint density at radius 1 is 1.16 bits per heavy atom. The lowest BCUT2D eigenvalue weighted by Crippen LogP contribution is -2.42. The summed E-state index contributed by atoms with van der Waals surface area (Å²) in [6.45, 7) is 1.63. The first-order chi connectivity index (χ1) is 9.15. The van der Waals surface area contributed by atoms with Crippen LogP contribution in [0.15, 0.2) is 24.3 Å². The number of amides is 3. The van der Waals surface area contributed by atoms with E-state index in [9.17, 15) is 9.59 Å². The second-order valence-corrected chi connectivity index (χ2v) is 4.59. The fourth-order valence-electron chi connectivity index (χ4n) is 2.03. The number of benzene rings is 1. The van der Waals surface area contributed by atoms with Crippen LogP contribution in [0.3, 0.4) is 0 Å². The second kappa shape index (κ2) is 6.19. The zero-order valence-electron chi connectivity index (χ0n) is 10.6. The average Bonchev–Trinajstić information content (AvgIpc) is 2.42. The van der Waals surface area contributed by atoms with Crippen molar-refractivity contribution in [3.63, 3.8) is 0 Å². The van der Waals surface area contributed by atoms with E-state index < -0.39 is 6.03 Å². The number of urea groups is 1. The predicted molar refractivity (Wildman–Crippen MR) is 73.6 cm³/mol. The lowest BCUT2D eigenvalue weighted by molar-refractivity contribution is -0.124. The molecular weight excluding hydrogens is 244 g/mol. The van der Waals surface area contributed by atoms with E-state index in [1.165, 1.54) is 0 Å². The zero-order valence-corrected chi connectivity index (χ0v) is 10.6. The van der Waals surface area contributed by atoms with Gasteiger partial charge in [-0.05, 0) is 50.2 Å². The van der Waals surface area contributed by atoms with Gasteiger partial charge >= 0.3 is 6.03 Å². The Morgan fingerprint density at radius 3 is 2.42 bits per heavy atom. The largest absolute Gasteiger partial charge is 0.399 e. The normalized spacial score (nSPS) is 15.8. The lowest BCUT2D eigenvalue weighted by atomic mass is 9.97. The minimum atomic E-state index is -0.506. The summed E-state index contributed by atoms with van der Waals surface area (Å²) in [5, 5.41) is 8.14. The van der Waals surface area contributed by atoms with Gasteiger partial charge in [0.1, 0.15) is 0 Å². The summed E-state index contributed by atoms with van der Waals surface area (Å²) in [6.07, 6.45) is 1.53. The number of hydrogen-bond donors (Lipinski definition) is 4. The average molecular weight is 262 g/mol. The maximum atomic E-state index is 11.8. The van der Waals surface area contributed by atoms with E-state index in [1.807, 2.05) is 0 Å². The van der Waals surface area contributed by atoms with Crippen molar-refractivity contribution in [2.45, 2.75) is 12.8 Å². The quantitative estimate of drug-likeness (QED) is 0.596. The monoisotopic (exact) mass is 262 g/mol. The van der Waals surface area contributed by atoms with Crippen molar-refractivity contribution in [3.8, 4) is 0 Å². The van der Waals surface area contributed by atoms with Crippen LogP contribution in [0.4, 0.5) is 16.2 Å². The summed E-state index contributed by atoms with van der Waals surface area (Å²) in [5.41, 5.74) is 6.77. The summed E-state index contributed by atoms with van der Waals surface area (Å²) >= 11 is 0. The summed E-state index contributed by atoms with van der Waals surface area (Å²) in [4.78, 5) is 23.5. The highest BCUT2D eigenvalue weighted by Crippen LogP contribution is 2.12. The number of nitrogen functional groups attached to an aromatic ring is 1. The van der Waals surface area contributed by atoms with Gasteiger partial charge in [0, 0.05) is 17.3 Å². The van der Waals surface area contributed by atoms with E-state index >= 15 is 0 Å². The maximum absolute atomic E-state index is 11.8. The third-order valence-electron chi connectivity index (χ3n) is 3.12. The predicted octanol–water partition coefficient (Wildman–Crippen LogP) is 0.916. The molecule has 0 unspecified atom stereocenters. The Kier molecular flexibility index (Phi) is 4.35. The van der Waals surface area contributed by atoms with Crippen molar-refractivity contribution < 1.29 is 9.59 Å². The first-order valence-electron chi connectivity index (χ1n) is 6.33. The van der Waals surface area contributed by atoms with Gasteiger partial charge in [0.2, 0.25) is 5.91 Å². The van der Waals surface area contributed by atoms with Crippen molar-refractivity contribution in [2.24, 2.45) is 5.92 Å². The molecule has 19 heavy (non-hydrogen) atoms. The van der Waals surface area contributed by atoms with E-state index in [1.54, 1.807) is 24.3 Å². The van der Waals surface area contributed by atoms with E-state index in [2.05, 4.69) is 16.0 Å². The second-order valence-electron chi connectivity index (χ2n) is 4.59. The summed E-state index contributed by atoms with van der Waals surface area (Å²) in [6, 6.07) is 6.23. The van der Waals surface area contributed by atoms with Gasteiger partial charge in [-0.3, -0.25) is 10.1 Å². The molecule has 0 aliphatic carbocycles. The molecule has 1 aromatic carbocycles. The molecule has 1 heterocycles. The van der Waals surface area contributed by atoms with Gasteiger partial charge in [0.15, 0.2) is 0 Å². The van der Waals surface area contributed by atoms with Crippen LogP contribution in [0, 0.1) is 5.92 Å². The SMILES string of the molecule is Nc1ccc(NC(=O)NC(=O)C2CCNCC2)cc1. The molecule has 2 rings (SSSR count). The fraction of sp³-hybridized carbons (Fsp3) is 0.385. The van der Waals surface area contributed by atoms with Crippen LogP contribution in [-0.4, -0.2) is 25.0 Å². The van der Waals surface area contributed by atoms with Crippen LogP contribution < -0.4 is 21.7 Å². The molecular formula is C13H18N4O2. The van der Waals surface area contributed by atoms with Crippen LogP contribution >= 0.6 is 0 Å². The fourth-order valence-corrected chi connectivity index (χ4v) is 2.03. The van der Waals surface area contributed by atoms with Crippen LogP contribution in [0.2, 0.25) is 0 Å². The van der Waals surface area contributed by atoms with Crippen LogP contribution in [0.1, 0.15) is 12.8 Å². The Morgan fingerprint density at radius 2 is 1.79 bits per heavy atom. The Labute approximate surface area is 111 Å². The minimum absolute atomic E-state index is 0.0848. The summed E-state index contributed by atoms with van der Waals surface area (Å²) in [7, 11) is 0. The molecule has 1 saturated heterocycles. The van der Waals surface area contributed by atoms with E-state index in [0.717, 1.165) is 25.9 Å². The number of imide groups is 1. The molecule has 0 spiro atoms. The highest BCUT2D eigenvalue weighted by molar-refractivity contribution is 6.01. The molecule has 1 fully saturated rings. The van der Waals surface area contributed by atoms with Crippen LogP contribution in [0.5, 0.6) is 0 Å². The van der Waals surface area contributed by atoms with Gasteiger partial charge in [-0.25, -0.2) is 4.79 Å². The van der Waals surface area contributed by atoms with Gasteiger partial charge in [-0.15, -0.1) is 0 Å². The van der Waals surface area contributed by atoms with E-state index in [-0.39, 0.29) is 11.8 Å². The number of hydrogen-bond acceptors (Lipinski definition) is 4. The molecule has 0 radical (unpaired) electrons. The molecule has 0 bridgehead atoms. The molecule has 102 valence electrons. The van der Waals surface area contributed by atoms with Gasteiger partial charge in [-0.1, -0.05) is 0 Å². The highest BCUT2D eigenvalue weighted by Gasteiger charge is 2.22. The molecule has 1 aromatic rings. The molecule has 0 saturated carbocycles. The molecule has 1 aliphatic rings. The van der Waals surface area contributed by atoms with Crippen molar-refractivity contribution in [3.05, 3.63) is 24.3 Å². The number of rotatable bonds is 2. The first-order valence-corrected chi connectivity index (χ1v) is 6.33. The van der Waals surface area contributed by atoms with Gasteiger partial charge in [0.05, 0.1) is 0 Å². The number of anilines is 2. The topological polar surface area (TPSA) is 96.2 Å². The number of carbonyl (C=O) groups excluding carboxylic acids is 2. The molecule has 0 atom stereocenters. The lowest BCUT2D eigenvalue weighted by Gasteiger charge is -2.21. The molecule has 0 aromatic heterocycles. The Bertz CT molecular complexity index is 452. The highest BCUT2D eigenvalue weighted by atomic mass is 16.2. The van der Waals surface area contributed by atoms with Crippen LogP contribution in [-0.2, 0) is 4.79 Å². The first kappa shape index (κ1) is 13.4. The molecule has 3 amide bonds. The number of carbonyl (C=O) groups is 2. The van der Waals surface area contributed by atoms with Gasteiger partial charge in [0.25, 0.3) is 0 Å². The van der Waals surface area contributed by atoms with Crippen molar-refractivity contribution in [1.82, 2.24) is 10.6 Å². The number of nitrogens with one attached hydrogen (secondary N) is 3. The Balaban J connectivity index is 1.83. The molecule has 1 aliphatic heterocycles. The van der Waals surface area contributed by atoms with Crippen LogP contribution in [0.25, 0.3) is 0 Å². The van der Waals surface area contributed by atoms with E-state index in [4.69, 9.17) is 5.73 Å². The zero-order chi connectivity index (χ0) is 13.7.